The summed E-state index contributed by atoms with van der Waals surface area (Å²) in [6.07, 6.45) is 0.914. The average Bonchev–Trinajstić information content (AvgIpc) is 3.28. The molecule has 3 aromatic rings. The molecule has 2 atom stereocenters. The Kier molecular flexibility index (Phi) is 6.29. The van der Waals surface area contributed by atoms with Gasteiger partial charge >= 0.3 is 6.03 Å². The summed E-state index contributed by atoms with van der Waals surface area (Å²) in [4.78, 5) is 15.6. The fourth-order valence-electron chi connectivity index (χ4n) is 2.95. The van der Waals surface area contributed by atoms with Crippen LogP contribution < -0.4 is 10.6 Å². The van der Waals surface area contributed by atoms with Crippen LogP contribution in [0.3, 0.4) is 0 Å². The molecule has 0 bridgehead atoms. The van der Waals surface area contributed by atoms with E-state index in [4.69, 9.17) is 0 Å². The van der Waals surface area contributed by atoms with Crippen LogP contribution in [0, 0.1) is 0 Å². The molecule has 6 heteroatoms. The molecule has 0 spiro atoms. The maximum Gasteiger partial charge on any atom is 0.315 e. The molecule has 0 aliphatic carbocycles. The fourth-order valence-corrected chi connectivity index (χ4v) is 4.66. The van der Waals surface area contributed by atoms with Crippen LogP contribution in [0.4, 0.5) is 4.79 Å². The summed E-state index contributed by atoms with van der Waals surface area (Å²) in [6, 6.07) is 12.7. The van der Waals surface area contributed by atoms with Gasteiger partial charge in [-0.25, -0.2) is 4.79 Å². The van der Waals surface area contributed by atoms with Gasteiger partial charge in [-0.3, -0.25) is 0 Å². The quantitative estimate of drug-likeness (QED) is 0.627. The number of thiophene rings is 2. The largest absolute Gasteiger partial charge is 0.337 e. The van der Waals surface area contributed by atoms with E-state index in [1.807, 2.05) is 24.4 Å². The minimum Gasteiger partial charge on any atom is -0.337 e. The van der Waals surface area contributed by atoms with Crippen molar-refractivity contribution in [3.05, 3.63) is 57.6 Å². The zero-order valence-corrected chi connectivity index (χ0v) is 17.0. The first-order chi connectivity index (χ1) is 12.5. The minimum absolute atomic E-state index is 0.0219. The maximum absolute atomic E-state index is 12.3. The molecule has 0 aliphatic heterocycles. The Morgan fingerprint density at radius 2 is 1.96 bits per heavy atom. The van der Waals surface area contributed by atoms with Crippen molar-refractivity contribution in [2.45, 2.75) is 25.4 Å². The molecule has 2 heterocycles. The molecule has 26 heavy (non-hydrogen) atoms. The van der Waals surface area contributed by atoms with Gasteiger partial charge in [0, 0.05) is 22.2 Å². The van der Waals surface area contributed by atoms with Crippen molar-refractivity contribution < 1.29 is 4.79 Å². The Bertz CT molecular complexity index is 842. The van der Waals surface area contributed by atoms with E-state index in [-0.39, 0.29) is 18.1 Å². The summed E-state index contributed by atoms with van der Waals surface area (Å²) < 4.78 is 1.32. The maximum atomic E-state index is 12.3. The number of rotatable bonds is 7. The number of hydrogen-bond acceptors (Lipinski definition) is 4. The lowest BCUT2D eigenvalue weighted by Gasteiger charge is -2.25. The highest BCUT2D eigenvalue weighted by Crippen LogP contribution is 2.27. The van der Waals surface area contributed by atoms with Crippen molar-refractivity contribution in [3.8, 4) is 0 Å². The van der Waals surface area contributed by atoms with Crippen LogP contribution in [0.2, 0.25) is 0 Å². The molecular formula is C20H25N3OS2. The molecule has 2 aromatic heterocycles. The van der Waals surface area contributed by atoms with Gasteiger partial charge in [0.05, 0.1) is 6.04 Å². The molecule has 138 valence electrons. The Labute approximate surface area is 162 Å². The smallest absolute Gasteiger partial charge is 0.315 e. The second kappa shape index (κ2) is 8.66. The SMILES string of the molecule is C[C@@H](NC(=O)NCC(Cc1csc2ccccc12)N(C)C)c1cccs1. The number of likely N-dealkylation sites (N-methyl/N-ethyl adjacent to an activating group) is 1. The monoisotopic (exact) mass is 387 g/mol. The second-order valence-electron chi connectivity index (χ2n) is 6.67. The normalized spacial score (nSPS) is 13.7. The lowest BCUT2D eigenvalue weighted by molar-refractivity contribution is 0.229. The Morgan fingerprint density at radius 3 is 2.69 bits per heavy atom. The first-order valence-corrected chi connectivity index (χ1v) is 10.5. The Morgan fingerprint density at radius 1 is 1.15 bits per heavy atom. The van der Waals surface area contributed by atoms with Gasteiger partial charge in [0.15, 0.2) is 0 Å². The predicted octanol–water partition coefficient (Wildman–Crippen LogP) is 4.50. The van der Waals surface area contributed by atoms with Crippen LogP contribution in [0.1, 0.15) is 23.4 Å². The van der Waals surface area contributed by atoms with E-state index in [1.54, 1.807) is 22.7 Å². The molecule has 3 rings (SSSR count). The van der Waals surface area contributed by atoms with Gasteiger partial charge in [0.25, 0.3) is 0 Å². The third-order valence-corrected chi connectivity index (χ3v) is 6.63. The fraction of sp³-hybridized carbons (Fsp3) is 0.350. The summed E-state index contributed by atoms with van der Waals surface area (Å²) in [6.45, 7) is 2.62. The highest BCUT2D eigenvalue weighted by atomic mass is 32.1. The number of carbonyl (C=O) groups excluding carboxylic acids is 1. The highest BCUT2D eigenvalue weighted by Gasteiger charge is 2.17. The van der Waals surface area contributed by atoms with Crippen molar-refractivity contribution in [2.75, 3.05) is 20.6 Å². The highest BCUT2D eigenvalue weighted by molar-refractivity contribution is 7.17. The van der Waals surface area contributed by atoms with E-state index < -0.39 is 0 Å². The van der Waals surface area contributed by atoms with E-state index in [0.717, 1.165) is 11.3 Å². The zero-order valence-electron chi connectivity index (χ0n) is 15.4. The number of nitrogens with zero attached hydrogens (tertiary/aromatic N) is 1. The number of hydrogen-bond donors (Lipinski definition) is 2. The summed E-state index contributed by atoms with van der Waals surface area (Å²) >= 11 is 3.44. The van der Waals surface area contributed by atoms with Gasteiger partial charge in [-0.1, -0.05) is 24.3 Å². The number of fused-ring (bicyclic) bond motifs is 1. The van der Waals surface area contributed by atoms with Crippen LogP contribution in [0.25, 0.3) is 10.1 Å². The Balaban J connectivity index is 1.57. The third-order valence-electron chi connectivity index (χ3n) is 4.56. The molecule has 0 saturated carbocycles. The van der Waals surface area contributed by atoms with E-state index in [0.29, 0.717) is 6.54 Å². The molecule has 0 fully saturated rings. The first-order valence-electron chi connectivity index (χ1n) is 8.74. The van der Waals surface area contributed by atoms with Crippen LogP contribution in [0.15, 0.2) is 47.2 Å². The van der Waals surface area contributed by atoms with Crippen LogP contribution in [-0.2, 0) is 6.42 Å². The van der Waals surface area contributed by atoms with Crippen molar-refractivity contribution in [2.24, 2.45) is 0 Å². The molecule has 0 radical (unpaired) electrons. The van der Waals surface area contributed by atoms with E-state index in [1.165, 1.54) is 15.6 Å². The van der Waals surface area contributed by atoms with Crippen LogP contribution >= 0.6 is 22.7 Å². The van der Waals surface area contributed by atoms with Gasteiger partial charge in [0.2, 0.25) is 0 Å². The van der Waals surface area contributed by atoms with Gasteiger partial charge in [-0.15, -0.1) is 22.7 Å². The van der Waals surface area contributed by atoms with Gasteiger partial charge in [0.1, 0.15) is 0 Å². The summed E-state index contributed by atoms with van der Waals surface area (Å²) in [5, 5.41) is 11.6. The average molecular weight is 388 g/mol. The van der Waals surface area contributed by atoms with E-state index >= 15 is 0 Å². The number of benzene rings is 1. The molecule has 1 aromatic carbocycles. The number of amides is 2. The van der Waals surface area contributed by atoms with Crippen molar-refractivity contribution >= 4 is 38.8 Å². The van der Waals surface area contributed by atoms with Crippen LogP contribution in [-0.4, -0.2) is 37.6 Å². The van der Waals surface area contributed by atoms with Gasteiger partial charge in [-0.2, -0.15) is 0 Å². The molecule has 0 saturated heterocycles. The second-order valence-corrected chi connectivity index (χ2v) is 8.56. The lowest BCUT2D eigenvalue weighted by Crippen LogP contribution is -2.45. The third kappa shape index (κ3) is 4.63. The van der Waals surface area contributed by atoms with Crippen molar-refractivity contribution in [1.29, 1.82) is 0 Å². The number of urea groups is 1. The molecule has 1 unspecified atom stereocenters. The number of carbonyl (C=O) groups is 1. The first kappa shape index (κ1) is 18.9. The molecule has 4 nitrogen and oxygen atoms in total. The summed E-state index contributed by atoms with van der Waals surface area (Å²) in [5.74, 6) is 0. The standard InChI is InChI=1S/C20H25N3OS2/c1-14(18-9-6-10-25-18)22-20(24)21-12-16(23(2)3)11-15-13-26-19-8-5-4-7-17(15)19/h4-10,13-14,16H,11-12H2,1-3H3,(H2,21,22,24)/t14-,16?/m1/s1. The lowest BCUT2D eigenvalue weighted by atomic mass is 10.0. The van der Waals surface area contributed by atoms with Crippen LogP contribution in [0.5, 0.6) is 0 Å². The predicted molar refractivity (Wildman–Crippen MR) is 112 cm³/mol. The van der Waals surface area contributed by atoms with E-state index in [2.05, 4.69) is 59.3 Å². The zero-order chi connectivity index (χ0) is 18.5. The van der Waals surface area contributed by atoms with E-state index in [9.17, 15) is 4.79 Å². The van der Waals surface area contributed by atoms with Crippen molar-refractivity contribution in [1.82, 2.24) is 15.5 Å². The number of nitrogens with one attached hydrogen (secondary N) is 2. The molecule has 2 amide bonds. The molecular weight excluding hydrogens is 362 g/mol. The van der Waals surface area contributed by atoms with Gasteiger partial charge in [-0.05, 0) is 61.3 Å². The topological polar surface area (TPSA) is 44.4 Å². The van der Waals surface area contributed by atoms with Crippen molar-refractivity contribution in [3.63, 3.8) is 0 Å². The van der Waals surface area contributed by atoms with Gasteiger partial charge < -0.3 is 15.5 Å². The molecule has 0 aliphatic rings. The summed E-state index contributed by atoms with van der Waals surface area (Å²) in [7, 11) is 4.13. The Hall–Kier alpha value is -1.89. The minimum atomic E-state index is -0.118. The summed E-state index contributed by atoms with van der Waals surface area (Å²) in [5.41, 5.74) is 1.35. The molecule has 2 N–H and O–H groups in total.